The Balaban J connectivity index is 2.48. The van der Waals surface area contributed by atoms with Crippen molar-refractivity contribution in [2.75, 3.05) is 6.54 Å². The molecule has 1 heterocycles. The third-order valence-corrected chi connectivity index (χ3v) is 2.26. The quantitative estimate of drug-likeness (QED) is 0.838. The smallest absolute Gasteiger partial charge is 0.252 e. The molecule has 0 spiro atoms. The Hall–Kier alpha value is -1.97. The molecule has 1 aromatic carbocycles. The van der Waals surface area contributed by atoms with Crippen LogP contribution in [0.25, 0.3) is 10.9 Å². The first kappa shape index (κ1) is 10.5. The highest BCUT2D eigenvalue weighted by Crippen LogP contribution is 2.16. The molecule has 0 bridgehead atoms. The molecule has 0 saturated carbocycles. The summed E-state index contributed by atoms with van der Waals surface area (Å²) < 4.78 is 13.3. The van der Waals surface area contributed by atoms with Crippen LogP contribution in [0.1, 0.15) is 17.3 Å². The Bertz CT molecular complexity index is 540. The maximum absolute atomic E-state index is 13.3. The van der Waals surface area contributed by atoms with Gasteiger partial charge in [-0.15, -0.1) is 0 Å². The molecule has 0 unspecified atom stereocenters. The normalized spacial score (nSPS) is 10.4. The molecule has 0 radical (unpaired) electrons. The monoisotopic (exact) mass is 218 g/mol. The first-order valence-electron chi connectivity index (χ1n) is 5.05. The van der Waals surface area contributed by atoms with Crippen LogP contribution in [0.4, 0.5) is 4.39 Å². The molecule has 0 aliphatic carbocycles. The van der Waals surface area contributed by atoms with Gasteiger partial charge < -0.3 is 5.32 Å². The topological polar surface area (TPSA) is 42.0 Å². The molecule has 2 rings (SSSR count). The fraction of sp³-hybridized carbons (Fsp3) is 0.167. The summed E-state index contributed by atoms with van der Waals surface area (Å²) >= 11 is 0. The standard InChI is InChI=1S/C12H11FN2O/c1-2-14-12(16)9-6-8-4-3-5-10(13)11(8)15-7-9/h3-7H,2H2,1H3,(H,14,16). The second-order valence-electron chi connectivity index (χ2n) is 3.40. The lowest BCUT2D eigenvalue weighted by Crippen LogP contribution is -2.22. The van der Waals surface area contributed by atoms with Crippen molar-refractivity contribution in [2.24, 2.45) is 0 Å². The molecule has 1 N–H and O–H groups in total. The van der Waals surface area contributed by atoms with Gasteiger partial charge in [-0.1, -0.05) is 12.1 Å². The van der Waals surface area contributed by atoms with Gasteiger partial charge >= 0.3 is 0 Å². The molecule has 0 saturated heterocycles. The van der Waals surface area contributed by atoms with Crippen molar-refractivity contribution in [1.82, 2.24) is 10.3 Å². The first-order valence-corrected chi connectivity index (χ1v) is 5.05. The number of hydrogen-bond acceptors (Lipinski definition) is 2. The van der Waals surface area contributed by atoms with Crippen molar-refractivity contribution < 1.29 is 9.18 Å². The van der Waals surface area contributed by atoms with E-state index in [9.17, 15) is 9.18 Å². The Morgan fingerprint density at radius 2 is 2.31 bits per heavy atom. The lowest BCUT2D eigenvalue weighted by Gasteiger charge is -2.03. The Labute approximate surface area is 92.3 Å². The summed E-state index contributed by atoms with van der Waals surface area (Å²) in [5.41, 5.74) is 0.732. The minimum atomic E-state index is -0.375. The summed E-state index contributed by atoms with van der Waals surface area (Å²) in [4.78, 5) is 15.5. The highest BCUT2D eigenvalue weighted by Gasteiger charge is 2.07. The van der Waals surface area contributed by atoms with Gasteiger partial charge in [0.15, 0.2) is 0 Å². The van der Waals surface area contributed by atoms with Crippen molar-refractivity contribution in [1.29, 1.82) is 0 Å². The molecule has 0 aliphatic heterocycles. The van der Waals surface area contributed by atoms with Gasteiger partial charge in [-0.25, -0.2) is 4.39 Å². The largest absolute Gasteiger partial charge is 0.352 e. The fourth-order valence-corrected chi connectivity index (χ4v) is 1.51. The van der Waals surface area contributed by atoms with Gasteiger partial charge in [0.05, 0.1) is 5.56 Å². The van der Waals surface area contributed by atoms with Crippen LogP contribution in [-0.4, -0.2) is 17.4 Å². The molecular weight excluding hydrogens is 207 g/mol. The highest BCUT2D eigenvalue weighted by molar-refractivity contribution is 5.97. The zero-order valence-electron chi connectivity index (χ0n) is 8.83. The second-order valence-corrected chi connectivity index (χ2v) is 3.40. The van der Waals surface area contributed by atoms with Crippen LogP contribution in [0.3, 0.4) is 0 Å². The predicted octanol–water partition coefficient (Wildman–Crippen LogP) is 2.12. The summed E-state index contributed by atoms with van der Waals surface area (Å²) in [5.74, 6) is -0.568. The molecule has 0 aliphatic rings. The zero-order chi connectivity index (χ0) is 11.5. The molecule has 2 aromatic rings. The predicted molar refractivity (Wildman–Crippen MR) is 59.7 cm³/mol. The van der Waals surface area contributed by atoms with Gasteiger partial charge in [-0.05, 0) is 19.1 Å². The number of pyridine rings is 1. The van der Waals surface area contributed by atoms with Gasteiger partial charge in [0.25, 0.3) is 5.91 Å². The van der Waals surface area contributed by atoms with E-state index in [-0.39, 0.29) is 17.2 Å². The summed E-state index contributed by atoms with van der Waals surface area (Å²) in [7, 11) is 0. The van der Waals surface area contributed by atoms with Crippen LogP contribution in [0.2, 0.25) is 0 Å². The summed E-state index contributed by atoms with van der Waals surface area (Å²) in [6.45, 7) is 2.39. The number of benzene rings is 1. The number of nitrogens with one attached hydrogen (secondary N) is 1. The number of nitrogens with zero attached hydrogens (tertiary/aromatic N) is 1. The maximum Gasteiger partial charge on any atom is 0.252 e. The Kier molecular flexibility index (Phi) is 2.81. The summed E-state index contributed by atoms with van der Waals surface area (Å²) in [5, 5.41) is 3.30. The number of rotatable bonds is 2. The molecule has 4 heteroatoms. The van der Waals surface area contributed by atoms with E-state index in [1.54, 1.807) is 18.2 Å². The van der Waals surface area contributed by atoms with Gasteiger partial charge in [-0.2, -0.15) is 0 Å². The molecule has 0 fully saturated rings. The summed E-state index contributed by atoms with van der Waals surface area (Å²) in [6, 6.07) is 6.31. The lowest BCUT2D eigenvalue weighted by molar-refractivity contribution is 0.0955. The number of halogens is 1. The van der Waals surface area contributed by atoms with Crippen molar-refractivity contribution in [3.05, 3.63) is 41.8 Å². The number of carbonyl (C=O) groups excluding carboxylic acids is 1. The number of hydrogen-bond donors (Lipinski definition) is 1. The second kappa shape index (κ2) is 4.26. The third kappa shape index (κ3) is 1.86. The van der Waals surface area contributed by atoms with E-state index in [0.717, 1.165) is 0 Å². The van der Waals surface area contributed by atoms with E-state index in [1.165, 1.54) is 12.3 Å². The molecular formula is C12H11FN2O. The van der Waals surface area contributed by atoms with Crippen LogP contribution in [-0.2, 0) is 0 Å². The Morgan fingerprint density at radius 1 is 1.50 bits per heavy atom. The third-order valence-electron chi connectivity index (χ3n) is 2.26. The fourth-order valence-electron chi connectivity index (χ4n) is 1.51. The molecule has 1 aromatic heterocycles. The van der Waals surface area contributed by atoms with Gasteiger partial charge in [0.2, 0.25) is 0 Å². The molecule has 16 heavy (non-hydrogen) atoms. The summed E-state index contributed by atoms with van der Waals surface area (Å²) in [6.07, 6.45) is 1.39. The van der Waals surface area contributed by atoms with E-state index in [4.69, 9.17) is 0 Å². The molecule has 1 amide bonds. The van der Waals surface area contributed by atoms with Gasteiger partial charge in [0.1, 0.15) is 11.3 Å². The van der Waals surface area contributed by atoms with Crippen molar-refractivity contribution in [3.8, 4) is 0 Å². The van der Waals surface area contributed by atoms with Crippen LogP contribution in [0.5, 0.6) is 0 Å². The average molecular weight is 218 g/mol. The molecule has 3 nitrogen and oxygen atoms in total. The SMILES string of the molecule is CCNC(=O)c1cnc2c(F)cccc2c1. The van der Waals surface area contributed by atoms with E-state index < -0.39 is 0 Å². The van der Waals surface area contributed by atoms with E-state index in [0.29, 0.717) is 17.5 Å². The number of amides is 1. The highest BCUT2D eigenvalue weighted by atomic mass is 19.1. The average Bonchev–Trinajstić information content (AvgIpc) is 2.29. The van der Waals surface area contributed by atoms with Crippen LogP contribution in [0.15, 0.2) is 30.5 Å². The zero-order valence-corrected chi connectivity index (χ0v) is 8.83. The lowest BCUT2D eigenvalue weighted by atomic mass is 10.1. The van der Waals surface area contributed by atoms with Crippen LogP contribution >= 0.6 is 0 Å². The number of fused-ring (bicyclic) bond motifs is 1. The minimum Gasteiger partial charge on any atom is -0.352 e. The van der Waals surface area contributed by atoms with Crippen LogP contribution < -0.4 is 5.32 Å². The van der Waals surface area contributed by atoms with Gasteiger partial charge in [0, 0.05) is 18.1 Å². The number of carbonyl (C=O) groups is 1. The van der Waals surface area contributed by atoms with E-state index in [2.05, 4.69) is 10.3 Å². The van der Waals surface area contributed by atoms with Crippen molar-refractivity contribution >= 4 is 16.8 Å². The van der Waals surface area contributed by atoms with Crippen LogP contribution in [0, 0.1) is 5.82 Å². The minimum absolute atomic E-state index is 0.193. The van der Waals surface area contributed by atoms with Crippen molar-refractivity contribution in [3.63, 3.8) is 0 Å². The number of aromatic nitrogens is 1. The van der Waals surface area contributed by atoms with Gasteiger partial charge in [-0.3, -0.25) is 9.78 Å². The molecule has 82 valence electrons. The molecule has 0 atom stereocenters. The van der Waals surface area contributed by atoms with Crippen molar-refractivity contribution in [2.45, 2.75) is 6.92 Å². The maximum atomic E-state index is 13.3. The van der Waals surface area contributed by atoms with E-state index >= 15 is 0 Å². The Morgan fingerprint density at radius 3 is 3.06 bits per heavy atom. The first-order chi connectivity index (χ1) is 7.72. The van der Waals surface area contributed by atoms with E-state index in [1.807, 2.05) is 6.92 Å². The number of para-hydroxylation sites is 1.